The largest absolute Gasteiger partial charge is 0.497 e. The van der Waals surface area contributed by atoms with E-state index in [1.54, 1.807) is 19.2 Å². The van der Waals surface area contributed by atoms with Gasteiger partial charge in [-0.05, 0) is 86.5 Å². The van der Waals surface area contributed by atoms with Crippen LogP contribution in [-0.4, -0.2) is 17.4 Å². The van der Waals surface area contributed by atoms with E-state index in [0.717, 1.165) is 45.2 Å². The van der Waals surface area contributed by atoms with Crippen molar-refractivity contribution in [1.82, 2.24) is 4.57 Å². The van der Waals surface area contributed by atoms with Crippen molar-refractivity contribution in [1.29, 1.82) is 0 Å². The first-order chi connectivity index (χ1) is 16.0. The van der Waals surface area contributed by atoms with E-state index in [1.807, 2.05) is 50.2 Å². The molecule has 0 fully saturated rings. The number of hydrogen-bond donors (Lipinski definition) is 0. The van der Waals surface area contributed by atoms with Gasteiger partial charge in [-0.2, -0.15) is 0 Å². The molecule has 0 atom stereocenters. The molecule has 1 heterocycles. The van der Waals surface area contributed by atoms with Gasteiger partial charge in [-0.25, -0.2) is 4.39 Å². The second-order valence-electron chi connectivity index (χ2n) is 8.00. The van der Waals surface area contributed by atoms with E-state index in [0.29, 0.717) is 6.61 Å². The van der Waals surface area contributed by atoms with Crippen LogP contribution in [0.3, 0.4) is 0 Å². The van der Waals surface area contributed by atoms with Gasteiger partial charge in [0, 0.05) is 16.9 Å². The fourth-order valence-electron chi connectivity index (χ4n) is 3.81. The van der Waals surface area contributed by atoms with Gasteiger partial charge in [-0.1, -0.05) is 35.0 Å². The molecule has 0 radical (unpaired) electrons. The third kappa shape index (κ3) is 4.98. The zero-order valence-corrected chi connectivity index (χ0v) is 19.3. The van der Waals surface area contributed by atoms with E-state index in [1.165, 1.54) is 17.7 Å². The Labute approximate surface area is 193 Å². The summed E-state index contributed by atoms with van der Waals surface area (Å²) in [6.07, 6.45) is 0. The van der Waals surface area contributed by atoms with E-state index < -0.39 is 0 Å². The summed E-state index contributed by atoms with van der Waals surface area (Å²) in [5.41, 5.74) is 7.87. The summed E-state index contributed by atoms with van der Waals surface area (Å²) in [5.74, 6) is 0.523. The van der Waals surface area contributed by atoms with Gasteiger partial charge in [0.05, 0.1) is 18.5 Å². The molecule has 0 amide bonds. The molecular formula is C28H27FN2O2. The third-order valence-electron chi connectivity index (χ3n) is 5.66. The maximum absolute atomic E-state index is 13.6. The number of methoxy groups -OCH3 is 1. The van der Waals surface area contributed by atoms with Crippen LogP contribution in [0.1, 0.15) is 29.3 Å². The van der Waals surface area contributed by atoms with Crippen molar-refractivity contribution in [2.24, 2.45) is 5.16 Å². The SMILES string of the molecule is COc1ccc(-n2c(-c3ccc(F)cc3)cc(/C(C)=N\OCc3ccc(C)cc3)c2C)cc1. The predicted molar refractivity (Wildman–Crippen MR) is 131 cm³/mol. The molecule has 5 heteroatoms. The molecule has 3 aromatic carbocycles. The van der Waals surface area contributed by atoms with Crippen molar-refractivity contribution in [2.75, 3.05) is 7.11 Å². The van der Waals surface area contributed by atoms with E-state index in [4.69, 9.17) is 9.57 Å². The average molecular weight is 443 g/mol. The highest BCUT2D eigenvalue weighted by Crippen LogP contribution is 2.31. The molecular weight excluding hydrogens is 415 g/mol. The molecule has 4 rings (SSSR count). The van der Waals surface area contributed by atoms with Crippen LogP contribution >= 0.6 is 0 Å². The van der Waals surface area contributed by atoms with Gasteiger partial charge >= 0.3 is 0 Å². The van der Waals surface area contributed by atoms with Gasteiger partial charge in [0.25, 0.3) is 0 Å². The maximum atomic E-state index is 13.6. The third-order valence-corrected chi connectivity index (χ3v) is 5.66. The van der Waals surface area contributed by atoms with Gasteiger partial charge in [-0.15, -0.1) is 0 Å². The van der Waals surface area contributed by atoms with Crippen molar-refractivity contribution in [3.8, 4) is 22.7 Å². The summed E-state index contributed by atoms with van der Waals surface area (Å²) in [5, 5.41) is 4.38. The number of benzene rings is 3. The number of rotatable bonds is 7. The van der Waals surface area contributed by atoms with E-state index in [2.05, 4.69) is 34.8 Å². The molecule has 0 N–H and O–H groups in total. The van der Waals surface area contributed by atoms with Crippen LogP contribution in [-0.2, 0) is 11.4 Å². The minimum atomic E-state index is -0.263. The minimum Gasteiger partial charge on any atom is -0.497 e. The van der Waals surface area contributed by atoms with E-state index in [-0.39, 0.29) is 5.82 Å². The molecule has 168 valence electrons. The van der Waals surface area contributed by atoms with Gasteiger partial charge < -0.3 is 14.1 Å². The van der Waals surface area contributed by atoms with Gasteiger partial charge in [0.2, 0.25) is 0 Å². The van der Waals surface area contributed by atoms with Crippen LogP contribution in [0.5, 0.6) is 5.75 Å². The van der Waals surface area contributed by atoms with E-state index in [9.17, 15) is 4.39 Å². The Morgan fingerprint density at radius 2 is 1.58 bits per heavy atom. The molecule has 33 heavy (non-hydrogen) atoms. The predicted octanol–water partition coefficient (Wildman–Crippen LogP) is 6.85. The summed E-state index contributed by atoms with van der Waals surface area (Å²) in [6.45, 7) is 6.44. The smallest absolute Gasteiger partial charge is 0.142 e. The van der Waals surface area contributed by atoms with Crippen molar-refractivity contribution < 1.29 is 14.0 Å². The first kappa shape index (κ1) is 22.3. The molecule has 0 unspecified atom stereocenters. The highest BCUT2D eigenvalue weighted by Gasteiger charge is 2.17. The summed E-state index contributed by atoms with van der Waals surface area (Å²) in [4.78, 5) is 5.65. The second-order valence-corrected chi connectivity index (χ2v) is 8.00. The molecule has 0 aliphatic rings. The number of nitrogens with zero attached hydrogens (tertiary/aromatic N) is 2. The monoisotopic (exact) mass is 442 g/mol. The van der Waals surface area contributed by atoms with Crippen LogP contribution in [0.25, 0.3) is 16.9 Å². The number of ether oxygens (including phenoxy) is 1. The van der Waals surface area contributed by atoms with Crippen LogP contribution in [0.2, 0.25) is 0 Å². The van der Waals surface area contributed by atoms with Crippen molar-refractivity contribution in [2.45, 2.75) is 27.4 Å². The molecule has 0 bridgehead atoms. The van der Waals surface area contributed by atoms with Crippen molar-refractivity contribution in [3.05, 3.63) is 107 Å². The van der Waals surface area contributed by atoms with Crippen LogP contribution in [0, 0.1) is 19.7 Å². The first-order valence-corrected chi connectivity index (χ1v) is 10.8. The van der Waals surface area contributed by atoms with Crippen LogP contribution < -0.4 is 4.74 Å². The summed E-state index contributed by atoms with van der Waals surface area (Å²) in [6, 6.07) is 24.6. The Morgan fingerprint density at radius 1 is 0.909 bits per heavy atom. The number of halogens is 1. The van der Waals surface area contributed by atoms with Crippen LogP contribution in [0.15, 0.2) is 84.0 Å². The lowest BCUT2D eigenvalue weighted by atomic mass is 10.1. The van der Waals surface area contributed by atoms with Crippen molar-refractivity contribution in [3.63, 3.8) is 0 Å². The summed E-state index contributed by atoms with van der Waals surface area (Å²) in [7, 11) is 1.65. The topological polar surface area (TPSA) is 35.8 Å². The lowest BCUT2D eigenvalue weighted by Gasteiger charge is -2.13. The number of oxime groups is 1. The lowest BCUT2D eigenvalue weighted by Crippen LogP contribution is -2.02. The Balaban J connectivity index is 1.70. The molecule has 0 saturated carbocycles. The standard InChI is InChI=1S/C28H27FN2O2/c1-19-5-7-22(8-6-19)18-33-30-20(2)27-17-28(23-9-11-24(29)12-10-23)31(21(27)3)25-13-15-26(32-4)16-14-25/h5-17H,18H2,1-4H3/b30-20-. The second kappa shape index (κ2) is 9.74. The molecule has 0 saturated heterocycles. The van der Waals surface area contributed by atoms with Gasteiger partial charge in [0.1, 0.15) is 18.2 Å². The number of hydrogen-bond acceptors (Lipinski definition) is 3. The maximum Gasteiger partial charge on any atom is 0.142 e. The molecule has 4 aromatic rings. The quantitative estimate of drug-likeness (QED) is 0.232. The van der Waals surface area contributed by atoms with E-state index >= 15 is 0 Å². The number of aryl methyl sites for hydroxylation is 1. The Morgan fingerprint density at radius 3 is 2.21 bits per heavy atom. The van der Waals surface area contributed by atoms with Crippen LogP contribution in [0.4, 0.5) is 4.39 Å². The zero-order chi connectivity index (χ0) is 23.4. The molecule has 0 spiro atoms. The Hall–Kier alpha value is -3.86. The highest BCUT2D eigenvalue weighted by atomic mass is 19.1. The fourth-order valence-corrected chi connectivity index (χ4v) is 3.81. The van der Waals surface area contributed by atoms with Gasteiger partial charge in [-0.3, -0.25) is 0 Å². The summed E-state index contributed by atoms with van der Waals surface area (Å²) >= 11 is 0. The minimum absolute atomic E-state index is 0.263. The van der Waals surface area contributed by atoms with Gasteiger partial charge in [0.15, 0.2) is 0 Å². The zero-order valence-electron chi connectivity index (χ0n) is 19.3. The average Bonchev–Trinajstić information content (AvgIpc) is 3.18. The normalized spacial score (nSPS) is 11.5. The fraction of sp³-hybridized carbons (Fsp3) is 0.179. The molecule has 1 aromatic heterocycles. The number of aromatic nitrogens is 1. The molecule has 0 aliphatic heterocycles. The molecule has 4 nitrogen and oxygen atoms in total. The Kier molecular flexibility index (Phi) is 6.59. The first-order valence-electron chi connectivity index (χ1n) is 10.8. The highest BCUT2D eigenvalue weighted by molar-refractivity contribution is 6.01. The summed E-state index contributed by atoms with van der Waals surface area (Å²) < 4.78 is 21.0. The molecule has 0 aliphatic carbocycles. The lowest BCUT2D eigenvalue weighted by molar-refractivity contribution is 0.130. The van der Waals surface area contributed by atoms with Crippen molar-refractivity contribution >= 4 is 5.71 Å². The Bertz CT molecular complexity index is 1260.